The highest BCUT2D eigenvalue weighted by Crippen LogP contribution is 2.20. The number of nitrogens with zero attached hydrogens (tertiary/aromatic N) is 1. The normalized spacial score (nSPS) is 18.7. The van der Waals surface area contributed by atoms with E-state index >= 15 is 0 Å². The smallest absolute Gasteiger partial charge is 0.328 e. The number of benzene rings is 1. The van der Waals surface area contributed by atoms with Crippen molar-refractivity contribution in [1.29, 1.82) is 0 Å². The van der Waals surface area contributed by atoms with Crippen molar-refractivity contribution in [3.8, 4) is 0 Å². The fourth-order valence-electron chi connectivity index (χ4n) is 2.68. The van der Waals surface area contributed by atoms with Crippen LogP contribution in [0.5, 0.6) is 0 Å². The number of carbonyl (C=O) groups is 2. The van der Waals surface area contributed by atoms with Gasteiger partial charge in [-0.1, -0.05) is 24.3 Å². The van der Waals surface area contributed by atoms with Gasteiger partial charge in [-0.05, 0) is 37.3 Å². The highest BCUT2D eigenvalue weighted by atomic mass is 16.5. The molecule has 0 aliphatic carbocycles. The molecule has 0 saturated carbocycles. The summed E-state index contributed by atoms with van der Waals surface area (Å²) in [4.78, 5) is 25.9. The topological polar surface area (TPSA) is 46.6 Å². The number of rotatable bonds is 3. The second-order valence-corrected chi connectivity index (χ2v) is 5.23. The number of piperidine rings is 1. The molecule has 1 aliphatic heterocycles. The van der Waals surface area contributed by atoms with Crippen LogP contribution in [-0.2, 0) is 20.7 Å². The number of carbonyl (C=O) groups excluding carboxylic acids is 2. The van der Waals surface area contributed by atoms with Crippen molar-refractivity contribution in [3.05, 3.63) is 35.4 Å². The van der Waals surface area contributed by atoms with E-state index in [0.29, 0.717) is 19.4 Å². The maximum atomic E-state index is 12.5. The molecule has 1 aliphatic rings. The molecule has 4 heteroatoms. The number of esters is 1. The first kappa shape index (κ1) is 14.6. The Balaban J connectivity index is 2.10. The van der Waals surface area contributed by atoms with Crippen LogP contribution in [0.15, 0.2) is 24.3 Å². The fraction of sp³-hybridized carbons (Fsp3) is 0.500. The molecule has 0 unspecified atom stereocenters. The predicted octanol–water partition coefficient (Wildman–Crippen LogP) is 2.09. The first-order valence-electron chi connectivity index (χ1n) is 7.05. The molecule has 1 saturated heterocycles. The quantitative estimate of drug-likeness (QED) is 0.794. The van der Waals surface area contributed by atoms with Crippen molar-refractivity contribution >= 4 is 11.9 Å². The first-order chi connectivity index (χ1) is 9.63. The molecule has 4 nitrogen and oxygen atoms in total. The van der Waals surface area contributed by atoms with Crippen LogP contribution >= 0.6 is 0 Å². The number of hydrogen-bond acceptors (Lipinski definition) is 3. The Kier molecular flexibility index (Phi) is 4.77. The largest absolute Gasteiger partial charge is 0.467 e. The summed E-state index contributed by atoms with van der Waals surface area (Å²) >= 11 is 0. The molecule has 2 rings (SSSR count). The SMILES string of the molecule is COC(=O)[C@@H]1CCCCN1C(=O)Cc1ccccc1C. The van der Waals surface area contributed by atoms with E-state index in [1.165, 1.54) is 7.11 Å². The third kappa shape index (κ3) is 3.18. The van der Waals surface area contributed by atoms with Gasteiger partial charge in [-0.25, -0.2) is 4.79 Å². The van der Waals surface area contributed by atoms with Gasteiger partial charge in [-0.2, -0.15) is 0 Å². The summed E-state index contributed by atoms with van der Waals surface area (Å²) in [5.74, 6) is -0.294. The summed E-state index contributed by atoms with van der Waals surface area (Å²) < 4.78 is 4.81. The van der Waals surface area contributed by atoms with Crippen molar-refractivity contribution in [2.45, 2.75) is 38.6 Å². The number of ether oxygens (including phenoxy) is 1. The van der Waals surface area contributed by atoms with Gasteiger partial charge in [0.1, 0.15) is 6.04 Å². The number of amides is 1. The van der Waals surface area contributed by atoms with Crippen LogP contribution in [0.4, 0.5) is 0 Å². The molecule has 1 aromatic rings. The van der Waals surface area contributed by atoms with Crippen LogP contribution < -0.4 is 0 Å². The molecule has 0 bridgehead atoms. The molecule has 0 spiro atoms. The fourth-order valence-corrected chi connectivity index (χ4v) is 2.68. The molecule has 20 heavy (non-hydrogen) atoms. The molecule has 0 aromatic heterocycles. The van der Waals surface area contributed by atoms with Crippen LogP contribution in [0, 0.1) is 6.92 Å². The van der Waals surface area contributed by atoms with Crippen molar-refractivity contribution in [2.24, 2.45) is 0 Å². The first-order valence-corrected chi connectivity index (χ1v) is 7.05. The Morgan fingerprint density at radius 1 is 1.30 bits per heavy atom. The molecule has 0 radical (unpaired) electrons. The van der Waals surface area contributed by atoms with Gasteiger partial charge in [-0.3, -0.25) is 4.79 Å². The zero-order valence-corrected chi connectivity index (χ0v) is 12.1. The molecule has 1 heterocycles. The molecule has 1 amide bonds. The lowest BCUT2D eigenvalue weighted by molar-refractivity contribution is -0.154. The van der Waals surface area contributed by atoms with Crippen molar-refractivity contribution in [1.82, 2.24) is 4.90 Å². The lowest BCUT2D eigenvalue weighted by Gasteiger charge is -2.34. The van der Waals surface area contributed by atoms with E-state index in [0.717, 1.165) is 24.0 Å². The maximum Gasteiger partial charge on any atom is 0.328 e. The third-order valence-corrected chi connectivity index (χ3v) is 3.90. The van der Waals surface area contributed by atoms with E-state index in [1.807, 2.05) is 31.2 Å². The Morgan fingerprint density at radius 3 is 2.75 bits per heavy atom. The average Bonchev–Trinajstić information content (AvgIpc) is 2.48. The zero-order valence-electron chi connectivity index (χ0n) is 12.1. The standard InChI is InChI=1S/C16H21NO3/c1-12-7-3-4-8-13(12)11-15(18)17-10-6-5-9-14(17)16(19)20-2/h3-4,7-8,14H,5-6,9-11H2,1-2H3/t14-/m0/s1. The van der Waals surface area contributed by atoms with Gasteiger partial charge in [0.15, 0.2) is 0 Å². The van der Waals surface area contributed by atoms with Gasteiger partial charge < -0.3 is 9.64 Å². The summed E-state index contributed by atoms with van der Waals surface area (Å²) in [5, 5.41) is 0. The Labute approximate surface area is 119 Å². The van der Waals surface area contributed by atoms with E-state index in [2.05, 4.69) is 0 Å². The molecular weight excluding hydrogens is 254 g/mol. The number of aryl methyl sites for hydroxylation is 1. The maximum absolute atomic E-state index is 12.5. The average molecular weight is 275 g/mol. The molecule has 1 fully saturated rings. The van der Waals surface area contributed by atoms with E-state index in [-0.39, 0.29) is 11.9 Å². The minimum absolute atomic E-state index is 0.00870. The van der Waals surface area contributed by atoms with Crippen LogP contribution in [0.2, 0.25) is 0 Å². The zero-order chi connectivity index (χ0) is 14.5. The van der Waals surface area contributed by atoms with Crippen molar-refractivity contribution in [3.63, 3.8) is 0 Å². The van der Waals surface area contributed by atoms with Crippen LogP contribution in [0.3, 0.4) is 0 Å². The summed E-state index contributed by atoms with van der Waals surface area (Å²) in [6.07, 6.45) is 2.97. The van der Waals surface area contributed by atoms with Gasteiger partial charge in [0, 0.05) is 6.54 Å². The summed E-state index contributed by atoms with van der Waals surface area (Å²) in [7, 11) is 1.38. The minimum atomic E-state index is -0.412. The van der Waals surface area contributed by atoms with E-state index < -0.39 is 6.04 Å². The number of hydrogen-bond donors (Lipinski definition) is 0. The Morgan fingerprint density at radius 2 is 2.05 bits per heavy atom. The molecule has 1 aromatic carbocycles. The van der Waals surface area contributed by atoms with Gasteiger partial charge in [0.2, 0.25) is 5.91 Å². The van der Waals surface area contributed by atoms with Gasteiger partial charge in [0.05, 0.1) is 13.5 Å². The molecule has 108 valence electrons. The highest BCUT2D eigenvalue weighted by Gasteiger charge is 2.32. The molecule has 1 atom stereocenters. The predicted molar refractivity (Wildman–Crippen MR) is 76.3 cm³/mol. The monoisotopic (exact) mass is 275 g/mol. The molecule has 0 N–H and O–H groups in total. The Bertz CT molecular complexity index is 498. The summed E-state index contributed by atoms with van der Waals surface area (Å²) in [5.41, 5.74) is 2.12. The van der Waals surface area contributed by atoms with Crippen molar-refractivity contribution < 1.29 is 14.3 Å². The lowest BCUT2D eigenvalue weighted by atomic mass is 9.99. The number of likely N-dealkylation sites (tertiary alicyclic amines) is 1. The van der Waals surface area contributed by atoms with Crippen LogP contribution in [0.1, 0.15) is 30.4 Å². The van der Waals surface area contributed by atoms with Gasteiger partial charge in [0.25, 0.3) is 0 Å². The van der Waals surface area contributed by atoms with Gasteiger partial charge in [-0.15, -0.1) is 0 Å². The van der Waals surface area contributed by atoms with E-state index in [9.17, 15) is 9.59 Å². The number of methoxy groups -OCH3 is 1. The third-order valence-electron chi connectivity index (χ3n) is 3.90. The van der Waals surface area contributed by atoms with Crippen LogP contribution in [-0.4, -0.2) is 36.5 Å². The Hall–Kier alpha value is -1.84. The highest BCUT2D eigenvalue weighted by molar-refractivity contribution is 5.86. The van der Waals surface area contributed by atoms with Crippen LogP contribution in [0.25, 0.3) is 0 Å². The second kappa shape index (κ2) is 6.55. The van der Waals surface area contributed by atoms with E-state index in [4.69, 9.17) is 4.74 Å². The van der Waals surface area contributed by atoms with Gasteiger partial charge >= 0.3 is 5.97 Å². The molecular formula is C16H21NO3. The minimum Gasteiger partial charge on any atom is -0.467 e. The lowest BCUT2D eigenvalue weighted by Crippen LogP contribution is -2.49. The van der Waals surface area contributed by atoms with Crippen molar-refractivity contribution in [2.75, 3.05) is 13.7 Å². The van der Waals surface area contributed by atoms with E-state index in [1.54, 1.807) is 4.90 Å². The summed E-state index contributed by atoms with van der Waals surface area (Å²) in [6, 6.07) is 7.44. The summed E-state index contributed by atoms with van der Waals surface area (Å²) in [6.45, 7) is 2.64. The second-order valence-electron chi connectivity index (χ2n) is 5.23.